The van der Waals surface area contributed by atoms with E-state index in [-0.39, 0.29) is 0 Å². The van der Waals surface area contributed by atoms with Gasteiger partial charge < -0.3 is 5.32 Å². The quantitative estimate of drug-likeness (QED) is 0.911. The van der Waals surface area contributed by atoms with Crippen LogP contribution < -0.4 is 5.32 Å². The third-order valence-corrected chi connectivity index (χ3v) is 4.37. The molecule has 1 heterocycles. The van der Waals surface area contributed by atoms with Crippen LogP contribution in [0.5, 0.6) is 0 Å². The molecule has 3 rings (SSSR count). The van der Waals surface area contributed by atoms with Crippen molar-refractivity contribution in [3.63, 3.8) is 0 Å². The first-order chi connectivity index (χ1) is 9.78. The lowest BCUT2D eigenvalue weighted by Gasteiger charge is -2.17. The van der Waals surface area contributed by atoms with Gasteiger partial charge in [-0.2, -0.15) is 0 Å². The van der Waals surface area contributed by atoms with Crippen molar-refractivity contribution in [2.24, 2.45) is 0 Å². The van der Waals surface area contributed by atoms with Gasteiger partial charge in [-0.05, 0) is 68.0 Å². The summed E-state index contributed by atoms with van der Waals surface area (Å²) in [6.45, 7) is 2.16. The minimum absolute atomic E-state index is 0.333. The molecule has 1 unspecified atom stereocenters. The molecule has 1 aromatic heterocycles. The number of nitrogens with one attached hydrogen (secondary N) is 1. The van der Waals surface area contributed by atoms with Crippen LogP contribution in [-0.2, 0) is 12.8 Å². The van der Waals surface area contributed by atoms with Crippen LogP contribution in [0, 0.1) is 0 Å². The third kappa shape index (κ3) is 2.61. The molecule has 0 spiro atoms. The van der Waals surface area contributed by atoms with Crippen molar-refractivity contribution in [1.82, 2.24) is 10.3 Å². The molecule has 1 N–H and O–H groups in total. The highest BCUT2D eigenvalue weighted by Crippen LogP contribution is 2.28. The maximum absolute atomic E-state index is 4.40. The summed E-state index contributed by atoms with van der Waals surface area (Å²) in [5.41, 5.74) is 6.82. The van der Waals surface area contributed by atoms with Gasteiger partial charge in [-0.1, -0.05) is 18.2 Å². The maximum atomic E-state index is 4.40. The molecule has 1 atom stereocenters. The van der Waals surface area contributed by atoms with Crippen LogP contribution in [0.15, 0.2) is 36.7 Å². The number of aryl methyl sites for hydroxylation is 2. The van der Waals surface area contributed by atoms with Gasteiger partial charge in [0.2, 0.25) is 0 Å². The molecule has 2 heteroatoms. The van der Waals surface area contributed by atoms with Crippen molar-refractivity contribution in [1.29, 1.82) is 0 Å². The Hall–Kier alpha value is -1.67. The van der Waals surface area contributed by atoms with E-state index in [9.17, 15) is 0 Å². The van der Waals surface area contributed by atoms with Gasteiger partial charge in [-0.3, -0.25) is 4.98 Å². The molecular weight excluding hydrogens is 244 g/mol. The first-order valence-corrected chi connectivity index (χ1v) is 7.52. The lowest BCUT2D eigenvalue weighted by atomic mass is 9.89. The SMILES string of the molecule is CNC(C)c1cncc(-c2ccc3c(c2)CCCC3)c1. The Morgan fingerprint density at radius 1 is 1.00 bits per heavy atom. The second-order valence-corrected chi connectivity index (χ2v) is 5.71. The smallest absolute Gasteiger partial charge is 0.0346 e. The average molecular weight is 266 g/mol. The summed E-state index contributed by atoms with van der Waals surface area (Å²) in [6.07, 6.45) is 9.04. The minimum Gasteiger partial charge on any atom is -0.313 e. The van der Waals surface area contributed by atoms with E-state index >= 15 is 0 Å². The molecule has 104 valence electrons. The Morgan fingerprint density at radius 2 is 1.80 bits per heavy atom. The number of rotatable bonds is 3. The number of hydrogen-bond acceptors (Lipinski definition) is 2. The number of fused-ring (bicyclic) bond motifs is 1. The van der Waals surface area contributed by atoms with Gasteiger partial charge in [0, 0.05) is 24.0 Å². The molecule has 1 aromatic carbocycles. The van der Waals surface area contributed by atoms with Crippen LogP contribution in [0.2, 0.25) is 0 Å². The molecular formula is C18H22N2. The van der Waals surface area contributed by atoms with Gasteiger partial charge in [-0.25, -0.2) is 0 Å². The van der Waals surface area contributed by atoms with Crippen LogP contribution >= 0.6 is 0 Å². The summed E-state index contributed by atoms with van der Waals surface area (Å²) >= 11 is 0. The van der Waals surface area contributed by atoms with Gasteiger partial charge in [0.05, 0.1) is 0 Å². The summed E-state index contributed by atoms with van der Waals surface area (Å²) in [5, 5.41) is 3.27. The van der Waals surface area contributed by atoms with Gasteiger partial charge in [0.1, 0.15) is 0 Å². The molecule has 0 saturated heterocycles. The first-order valence-electron chi connectivity index (χ1n) is 7.52. The number of nitrogens with zero attached hydrogens (tertiary/aromatic N) is 1. The van der Waals surface area contributed by atoms with Crippen molar-refractivity contribution < 1.29 is 0 Å². The monoisotopic (exact) mass is 266 g/mol. The Balaban J connectivity index is 1.96. The van der Waals surface area contributed by atoms with Crippen LogP contribution in [0.4, 0.5) is 0 Å². The molecule has 2 nitrogen and oxygen atoms in total. The van der Waals surface area contributed by atoms with E-state index in [1.807, 2.05) is 19.4 Å². The first kappa shape index (κ1) is 13.3. The standard InChI is InChI=1S/C18H22N2/c1-13(19-2)17-10-18(12-20-11-17)16-8-7-14-5-3-4-6-15(14)9-16/h7-13,19H,3-6H2,1-2H3. The van der Waals surface area contributed by atoms with E-state index in [0.717, 1.165) is 0 Å². The molecule has 0 radical (unpaired) electrons. The van der Waals surface area contributed by atoms with Crippen molar-refractivity contribution in [2.75, 3.05) is 7.05 Å². The Morgan fingerprint density at radius 3 is 2.60 bits per heavy atom. The zero-order chi connectivity index (χ0) is 13.9. The van der Waals surface area contributed by atoms with E-state index in [0.29, 0.717) is 6.04 Å². The molecule has 2 aromatic rings. The molecule has 0 fully saturated rings. The minimum atomic E-state index is 0.333. The van der Waals surface area contributed by atoms with Crippen molar-refractivity contribution >= 4 is 0 Å². The lowest BCUT2D eigenvalue weighted by Crippen LogP contribution is -2.12. The maximum Gasteiger partial charge on any atom is 0.0346 e. The predicted octanol–water partition coefficient (Wildman–Crippen LogP) is 3.91. The second kappa shape index (κ2) is 5.76. The van der Waals surface area contributed by atoms with Crippen LogP contribution in [-0.4, -0.2) is 12.0 Å². The highest BCUT2D eigenvalue weighted by molar-refractivity contribution is 5.65. The van der Waals surface area contributed by atoms with Crippen LogP contribution in [0.25, 0.3) is 11.1 Å². The van der Waals surface area contributed by atoms with E-state index < -0.39 is 0 Å². The van der Waals surface area contributed by atoms with E-state index in [1.165, 1.54) is 53.5 Å². The summed E-state index contributed by atoms with van der Waals surface area (Å²) in [6, 6.07) is 9.49. The molecule has 1 aliphatic carbocycles. The Bertz CT molecular complexity index is 604. The lowest BCUT2D eigenvalue weighted by molar-refractivity contribution is 0.650. The van der Waals surface area contributed by atoms with Crippen molar-refractivity contribution in [2.45, 2.75) is 38.6 Å². The van der Waals surface area contributed by atoms with Crippen LogP contribution in [0.3, 0.4) is 0 Å². The number of benzene rings is 1. The zero-order valence-corrected chi connectivity index (χ0v) is 12.3. The van der Waals surface area contributed by atoms with Gasteiger partial charge >= 0.3 is 0 Å². The summed E-state index contributed by atoms with van der Waals surface area (Å²) in [7, 11) is 1.98. The highest BCUT2D eigenvalue weighted by atomic mass is 14.9. The van der Waals surface area contributed by atoms with Crippen LogP contribution in [0.1, 0.15) is 42.5 Å². The zero-order valence-electron chi connectivity index (χ0n) is 12.3. The molecule has 1 aliphatic rings. The summed E-state index contributed by atoms with van der Waals surface area (Å²) < 4.78 is 0. The Kier molecular flexibility index (Phi) is 3.83. The van der Waals surface area contributed by atoms with E-state index in [1.54, 1.807) is 0 Å². The third-order valence-electron chi connectivity index (χ3n) is 4.37. The van der Waals surface area contributed by atoms with Gasteiger partial charge in [0.15, 0.2) is 0 Å². The number of hydrogen-bond donors (Lipinski definition) is 1. The molecule has 0 saturated carbocycles. The molecule has 0 amide bonds. The Labute approximate surface area is 121 Å². The number of aromatic nitrogens is 1. The average Bonchev–Trinajstić information content (AvgIpc) is 2.53. The van der Waals surface area contributed by atoms with E-state index in [4.69, 9.17) is 0 Å². The topological polar surface area (TPSA) is 24.9 Å². The summed E-state index contributed by atoms with van der Waals surface area (Å²) in [5.74, 6) is 0. The normalized spacial score (nSPS) is 15.7. The van der Waals surface area contributed by atoms with Gasteiger partial charge in [-0.15, -0.1) is 0 Å². The fourth-order valence-electron chi connectivity index (χ4n) is 2.93. The second-order valence-electron chi connectivity index (χ2n) is 5.71. The highest BCUT2D eigenvalue weighted by Gasteiger charge is 2.11. The molecule has 20 heavy (non-hydrogen) atoms. The molecule has 0 aliphatic heterocycles. The number of pyridine rings is 1. The summed E-state index contributed by atoms with van der Waals surface area (Å²) in [4.78, 5) is 4.40. The largest absolute Gasteiger partial charge is 0.313 e. The van der Waals surface area contributed by atoms with Gasteiger partial charge in [0.25, 0.3) is 0 Å². The molecule has 0 bridgehead atoms. The van der Waals surface area contributed by atoms with Crippen molar-refractivity contribution in [3.8, 4) is 11.1 Å². The fraction of sp³-hybridized carbons (Fsp3) is 0.389. The fourth-order valence-corrected chi connectivity index (χ4v) is 2.93. The van der Waals surface area contributed by atoms with Crippen molar-refractivity contribution in [3.05, 3.63) is 53.3 Å². The predicted molar refractivity (Wildman–Crippen MR) is 83.8 cm³/mol. The van der Waals surface area contributed by atoms with E-state index in [2.05, 4.69) is 41.5 Å².